The maximum absolute atomic E-state index is 13.6. The lowest BCUT2D eigenvalue weighted by Gasteiger charge is -2.11. The molecule has 0 bridgehead atoms. The zero-order valence-electron chi connectivity index (χ0n) is 18.8. The first-order valence-corrected chi connectivity index (χ1v) is 12.3. The van der Waals surface area contributed by atoms with Gasteiger partial charge in [0.2, 0.25) is 11.8 Å². The van der Waals surface area contributed by atoms with Crippen LogP contribution in [0.4, 0.5) is 5.69 Å². The van der Waals surface area contributed by atoms with Crippen molar-refractivity contribution in [2.24, 2.45) is 0 Å². The lowest BCUT2D eigenvalue weighted by atomic mass is 10.2. The summed E-state index contributed by atoms with van der Waals surface area (Å²) in [5.74, 6) is 0.166. The van der Waals surface area contributed by atoms with E-state index in [2.05, 4.69) is 15.5 Å². The van der Waals surface area contributed by atoms with Crippen molar-refractivity contribution in [1.29, 1.82) is 0 Å². The van der Waals surface area contributed by atoms with Gasteiger partial charge in [-0.15, -0.1) is 5.10 Å². The summed E-state index contributed by atoms with van der Waals surface area (Å²) in [6.07, 6.45) is 0. The van der Waals surface area contributed by atoms with Gasteiger partial charge >= 0.3 is 0 Å². The number of anilines is 1. The van der Waals surface area contributed by atoms with Crippen molar-refractivity contribution in [3.8, 4) is 17.3 Å². The molecule has 2 heterocycles. The summed E-state index contributed by atoms with van der Waals surface area (Å²) >= 11 is 0. The van der Waals surface area contributed by atoms with Crippen LogP contribution in [0.3, 0.4) is 0 Å². The molecule has 0 spiro atoms. The second-order valence-corrected chi connectivity index (χ2v) is 9.75. The summed E-state index contributed by atoms with van der Waals surface area (Å²) in [5, 5.41) is 10.6. The molecule has 5 rings (SSSR count). The molecule has 2 aromatic heterocycles. The molecule has 0 saturated heterocycles. The molecule has 35 heavy (non-hydrogen) atoms. The van der Waals surface area contributed by atoms with Gasteiger partial charge < -0.3 is 10.1 Å². The van der Waals surface area contributed by atoms with Crippen LogP contribution in [0, 0.1) is 0 Å². The Morgan fingerprint density at radius 3 is 2.54 bits per heavy atom. The number of H-pyrrole nitrogens is 1. The number of ether oxygens (including phenoxy) is 1. The second-order valence-electron chi connectivity index (χ2n) is 7.96. The van der Waals surface area contributed by atoms with E-state index in [4.69, 9.17) is 4.74 Å². The minimum Gasteiger partial charge on any atom is -0.472 e. The van der Waals surface area contributed by atoms with E-state index in [-0.39, 0.29) is 17.4 Å². The van der Waals surface area contributed by atoms with Gasteiger partial charge in [-0.3, -0.25) is 9.89 Å². The molecule has 0 radical (unpaired) electrons. The Hall–Kier alpha value is -4.37. The quantitative estimate of drug-likeness (QED) is 0.344. The fourth-order valence-corrected chi connectivity index (χ4v) is 5.43. The van der Waals surface area contributed by atoms with Crippen molar-refractivity contribution in [2.45, 2.75) is 18.4 Å². The van der Waals surface area contributed by atoms with E-state index in [1.807, 2.05) is 36.4 Å². The SMILES string of the molecule is CC(=O)Nc1cccc(COc2cc(-c3cc4ccccc4n3S(=O)(=O)c3ccccc3)[nH]n2)c1. The maximum Gasteiger partial charge on any atom is 0.268 e. The van der Waals surface area contributed by atoms with Crippen molar-refractivity contribution >= 4 is 32.5 Å². The molecule has 2 N–H and O–H groups in total. The summed E-state index contributed by atoms with van der Waals surface area (Å²) in [6.45, 7) is 1.68. The molecule has 0 saturated carbocycles. The van der Waals surface area contributed by atoms with Gasteiger partial charge in [0.1, 0.15) is 6.61 Å². The number of benzene rings is 3. The van der Waals surface area contributed by atoms with Gasteiger partial charge in [-0.05, 0) is 42.0 Å². The standard InChI is InChI=1S/C26H22N4O4S/c1-18(31)27-21-10-7-8-19(14-21)17-34-26-16-23(28-29-26)25-15-20-9-5-6-13-24(20)30(25)35(32,33)22-11-3-2-4-12-22/h2-16H,17H2,1H3,(H,27,31)(H,28,29). The van der Waals surface area contributed by atoms with Crippen LogP contribution in [0.15, 0.2) is 95.9 Å². The van der Waals surface area contributed by atoms with E-state index < -0.39 is 10.0 Å². The highest BCUT2D eigenvalue weighted by atomic mass is 32.2. The lowest BCUT2D eigenvalue weighted by molar-refractivity contribution is -0.114. The van der Waals surface area contributed by atoms with Gasteiger partial charge in [0.15, 0.2) is 0 Å². The van der Waals surface area contributed by atoms with Crippen molar-refractivity contribution in [1.82, 2.24) is 14.2 Å². The topological polar surface area (TPSA) is 106 Å². The van der Waals surface area contributed by atoms with Crippen molar-refractivity contribution in [3.63, 3.8) is 0 Å². The first-order valence-electron chi connectivity index (χ1n) is 10.9. The summed E-state index contributed by atoms with van der Waals surface area (Å²) in [5.41, 5.74) is 3.05. The predicted octanol–water partition coefficient (Wildman–Crippen LogP) is 4.81. The normalized spacial score (nSPS) is 11.5. The highest BCUT2D eigenvalue weighted by Crippen LogP contribution is 2.32. The minimum absolute atomic E-state index is 0.152. The average molecular weight is 487 g/mol. The van der Waals surface area contributed by atoms with Crippen LogP contribution in [0.25, 0.3) is 22.3 Å². The molecule has 9 heteroatoms. The molecule has 0 aliphatic carbocycles. The molecule has 1 amide bonds. The van der Waals surface area contributed by atoms with Gasteiger partial charge in [0, 0.05) is 24.1 Å². The lowest BCUT2D eigenvalue weighted by Crippen LogP contribution is -2.14. The first-order chi connectivity index (χ1) is 16.9. The smallest absolute Gasteiger partial charge is 0.268 e. The third-order valence-corrected chi connectivity index (χ3v) is 7.15. The molecule has 0 aliphatic heterocycles. The largest absolute Gasteiger partial charge is 0.472 e. The van der Waals surface area contributed by atoms with E-state index in [1.54, 1.807) is 54.6 Å². The Kier molecular flexibility index (Phi) is 5.84. The van der Waals surface area contributed by atoms with E-state index in [0.29, 0.717) is 28.5 Å². The van der Waals surface area contributed by atoms with Crippen LogP contribution >= 0.6 is 0 Å². The van der Waals surface area contributed by atoms with Crippen molar-refractivity contribution < 1.29 is 17.9 Å². The Morgan fingerprint density at radius 2 is 1.74 bits per heavy atom. The summed E-state index contributed by atoms with van der Waals surface area (Å²) < 4.78 is 34.3. The number of nitrogens with zero attached hydrogens (tertiary/aromatic N) is 2. The first kappa shape index (κ1) is 22.4. The number of rotatable bonds is 7. The third-order valence-electron chi connectivity index (χ3n) is 5.41. The van der Waals surface area contributed by atoms with Gasteiger partial charge in [0.25, 0.3) is 10.0 Å². The Balaban J connectivity index is 1.47. The van der Waals surface area contributed by atoms with Crippen molar-refractivity contribution in [3.05, 3.63) is 96.6 Å². The van der Waals surface area contributed by atoms with Crippen LogP contribution in [0.5, 0.6) is 5.88 Å². The van der Waals surface area contributed by atoms with Crippen LogP contribution in [-0.2, 0) is 21.4 Å². The molecule has 3 aromatic carbocycles. The van der Waals surface area contributed by atoms with Crippen LogP contribution in [0.2, 0.25) is 0 Å². The minimum atomic E-state index is -3.87. The number of hydrogen-bond donors (Lipinski definition) is 2. The van der Waals surface area contributed by atoms with Gasteiger partial charge in [-0.2, -0.15) is 0 Å². The zero-order valence-corrected chi connectivity index (χ0v) is 19.6. The van der Waals surface area contributed by atoms with Gasteiger partial charge in [-0.25, -0.2) is 12.4 Å². The summed E-state index contributed by atoms with van der Waals surface area (Å²) in [7, 11) is -3.87. The number of aromatic nitrogens is 3. The number of aromatic amines is 1. The molecule has 0 aliphatic rings. The Bertz CT molecular complexity index is 1620. The number of carbonyl (C=O) groups is 1. The monoisotopic (exact) mass is 486 g/mol. The molecule has 0 unspecified atom stereocenters. The summed E-state index contributed by atoms with van der Waals surface area (Å²) in [4.78, 5) is 11.5. The number of hydrogen-bond acceptors (Lipinski definition) is 5. The molecule has 0 fully saturated rings. The van der Waals surface area contributed by atoms with Gasteiger partial charge in [-0.1, -0.05) is 48.5 Å². The fraction of sp³-hybridized carbons (Fsp3) is 0.0769. The number of fused-ring (bicyclic) bond motifs is 1. The zero-order chi connectivity index (χ0) is 24.4. The highest BCUT2D eigenvalue weighted by Gasteiger charge is 2.24. The van der Waals surface area contributed by atoms with Crippen molar-refractivity contribution in [2.75, 3.05) is 5.32 Å². The number of carbonyl (C=O) groups excluding carboxylic acids is 1. The number of amides is 1. The highest BCUT2D eigenvalue weighted by molar-refractivity contribution is 7.90. The van der Waals surface area contributed by atoms with Crippen LogP contribution in [0.1, 0.15) is 12.5 Å². The molecular weight excluding hydrogens is 464 g/mol. The van der Waals surface area contributed by atoms with Crippen LogP contribution < -0.4 is 10.1 Å². The molecule has 5 aromatic rings. The fourth-order valence-electron chi connectivity index (χ4n) is 3.88. The van der Waals surface area contributed by atoms with E-state index in [9.17, 15) is 13.2 Å². The Morgan fingerprint density at radius 1 is 0.971 bits per heavy atom. The number of para-hydroxylation sites is 1. The molecule has 0 atom stereocenters. The predicted molar refractivity (Wildman–Crippen MR) is 134 cm³/mol. The average Bonchev–Trinajstić information content (AvgIpc) is 3.48. The summed E-state index contributed by atoms with van der Waals surface area (Å²) in [6, 6.07) is 26.4. The van der Waals surface area contributed by atoms with E-state index >= 15 is 0 Å². The molecule has 176 valence electrons. The van der Waals surface area contributed by atoms with Gasteiger partial charge in [0.05, 0.1) is 21.8 Å². The van der Waals surface area contributed by atoms with E-state index in [0.717, 1.165) is 10.9 Å². The Labute approximate surface area is 202 Å². The number of nitrogens with one attached hydrogen (secondary N) is 2. The molecule has 8 nitrogen and oxygen atoms in total. The van der Waals surface area contributed by atoms with Crippen LogP contribution in [-0.4, -0.2) is 28.5 Å². The maximum atomic E-state index is 13.6. The van der Waals surface area contributed by atoms with E-state index in [1.165, 1.54) is 10.9 Å². The second kappa shape index (κ2) is 9.11. The third kappa shape index (κ3) is 4.53. The molecular formula is C26H22N4O4S.